The number of hydrogen-bond acceptors (Lipinski definition) is 4. The van der Waals surface area contributed by atoms with Crippen molar-refractivity contribution in [3.05, 3.63) is 0 Å². The summed E-state index contributed by atoms with van der Waals surface area (Å²) in [6, 6.07) is 0.487. The molecule has 21 heavy (non-hydrogen) atoms. The van der Waals surface area contributed by atoms with Crippen LogP contribution < -0.4 is 16.4 Å². The van der Waals surface area contributed by atoms with Gasteiger partial charge in [-0.1, -0.05) is 13.8 Å². The molecule has 5 heteroatoms. The fourth-order valence-electron chi connectivity index (χ4n) is 2.89. The standard InChI is InChI=1S/C16H33N3O2/c1-11(18-14(20)21-15(2,3)4)13(10-17)19-12-7-8-16(5,6)9-12/h11-13,19H,7-10,17H2,1-6H3,(H,18,20). The first-order chi connectivity index (χ1) is 9.52. The quantitative estimate of drug-likeness (QED) is 0.728. The van der Waals surface area contributed by atoms with Crippen LogP contribution in [0.5, 0.6) is 0 Å². The van der Waals surface area contributed by atoms with Crippen molar-refractivity contribution in [3.8, 4) is 0 Å². The third kappa shape index (κ3) is 6.66. The average Bonchev–Trinajstić information content (AvgIpc) is 2.62. The Morgan fingerprint density at radius 1 is 1.43 bits per heavy atom. The monoisotopic (exact) mass is 299 g/mol. The first-order valence-corrected chi connectivity index (χ1v) is 7.98. The molecular formula is C16H33N3O2. The molecule has 0 aliphatic heterocycles. The number of alkyl carbamates (subject to hydrolysis) is 1. The smallest absolute Gasteiger partial charge is 0.407 e. The Hall–Kier alpha value is -0.810. The third-order valence-corrected chi connectivity index (χ3v) is 4.02. The molecule has 1 fully saturated rings. The van der Waals surface area contributed by atoms with Gasteiger partial charge in [0.2, 0.25) is 0 Å². The molecule has 3 unspecified atom stereocenters. The topological polar surface area (TPSA) is 76.4 Å². The Kier molecular flexibility index (Phi) is 6.05. The number of rotatable bonds is 5. The summed E-state index contributed by atoms with van der Waals surface area (Å²) < 4.78 is 5.29. The van der Waals surface area contributed by atoms with Gasteiger partial charge < -0.3 is 21.1 Å². The number of nitrogens with two attached hydrogens (primary N) is 1. The maximum atomic E-state index is 11.8. The Morgan fingerprint density at radius 3 is 2.48 bits per heavy atom. The fraction of sp³-hybridized carbons (Fsp3) is 0.938. The molecule has 0 spiro atoms. The van der Waals surface area contributed by atoms with E-state index in [1.807, 2.05) is 27.7 Å². The summed E-state index contributed by atoms with van der Waals surface area (Å²) in [5.41, 5.74) is 5.79. The second-order valence-electron chi connectivity index (χ2n) is 8.05. The van der Waals surface area contributed by atoms with Gasteiger partial charge >= 0.3 is 6.09 Å². The van der Waals surface area contributed by atoms with E-state index in [0.29, 0.717) is 18.0 Å². The minimum absolute atomic E-state index is 0.0615. The van der Waals surface area contributed by atoms with E-state index >= 15 is 0 Å². The van der Waals surface area contributed by atoms with E-state index in [1.165, 1.54) is 12.8 Å². The van der Waals surface area contributed by atoms with Crippen molar-refractivity contribution in [2.75, 3.05) is 6.54 Å². The van der Waals surface area contributed by atoms with Crippen molar-refractivity contribution < 1.29 is 9.53 Å². The van der Waals surface area contributed by atoms with E-state index < -0.39 is 5.60 Å². The summed E-state index contributed by atoms with van der Waals surface area (Å²) in [4.78, 5) is 11.8. The minimum atomic E-state index is -0.481. The Morgan fingerprint density at radius 2 is 2.05 bits per heavy atom. The lowest BCUT2D eigenvalue weighted by Gasteiger charge is -2.29. The molecule has 4 N–H and O–H groups in total. The number of carbonyl (C=O) groups excluding carboxylic acids is 1. The molecule has 1 aliphatic carbocycles. The maximum absolute atomic E-state index is 11.8. The average molecular weight is 299 g/mol. The molecule has 0 bridgehead atoms. The van der Waals surface area contributed by atoms with E-state index in [1.54, 1.807) is 0 Å². The molecule has 124 valence electrons. The Labute approximate surface area is 129 Å². The second-order valence-corrected chi connectivity index (χ2v) is 8.05. The first kappa shape index (κ1) is 18.2. The molecule has 3 atom stereocenters. The van der Waals surface area contributed by atoms with Crippen molar-refractivity contribution in [2.24, 2.45) is 11.1 Å². The number of ether oxygens (including phenoxy) is 1. The molecule has 0 aromatic carbocycles. The van der Waals surface area contributed by atoms with Gasteiger partial charge in [0, 0.05) is 24.7 Å². The molecule has 0 aromatic heterocycles. The summed E-state index contributed by atoms with van der Waals surface area (Å²) >= 11 is 0. The van der Waals surface area contributed by atoms with Crippen LogP contribution in [0.2, 0.25) is 0 Å². The van der Waals surface area contributed by atoms with Gasteiger partial charge in [0.1, 0.15) is 5.60 Å². The van der Waals surface area contributed by atoms with Crippen molar-refractivity contribution in [1.29, 1.82) is 0 Å². The molecule has 1 aliphatic rings. The Bertz CT molecular complexity index is 350. The summed E-state index contributed by atoms with van der Waals surface area (Å²) in [5.74, 6) is 0. The van der Waals surface area contributed by atoms with Crippen molar-refractivity contribution in [1.82, 2.24) is 10.6 Å². The summed E-state index contributed by atoms with van der Waals surface area (Å²) in [6.07, 6.45) is 3.17. The van der Waals surface area contributed by atoms with Gasteiger partial charge in [-0.05, 0) is 52.4 Å². The van der Waals surface area contributed by atoms with Gasteiger partial charge in [0.05, 0.1) is 0 Å². The van der Waals surface area contributed by atoms with Gasteiger partial charge in [0.15, 0.2) is 0 Å². The largest absolute Gasteiger partial charge is 0.444 e. The van der Waals surface area contributed by atoms with Crippen LogP contribution in [0.4, 0.5) is 4.79 Å². The van der Waals surface area contributed by atoms with Crippen LogP contribution in [0, 0.1) is 5.41 Å². The third-order valence-electron chi connectivity index (χ3n) is 4.02. The van der Waals surface area contributed by atoms with Gasteiger partial charge in [0.25, 0.3) is 0 Å². The molecular weight excluding hydrogens is 266 g/mol. The Balaban J connectivity index is 2.46. The van der Waals surface area contributed by atoms with Crippen LogP contribution >= 0.6 is 0 Å². The first-order valence-electron chi connectivity index (χ1n) is 7.98. The zero-order valence-corrected chi connectivity index (χ0v) is 14.5. The highest BCUT2D eigenvalue weighted by Crippen LogP contribution is 2.37. The van der Waals surface area contributed by atoms with Crippen LogP contribution in [-0.2, 0) is 4.74 Å². The van der Waals surface area contributed by atoms with Crippen LogP contribution in [0.3, 0.4) is 0 Å². The van der Waals surface area contributed by atoms with Crippen molar-refractivity contribution >= 4 is 6.09 Å². The molecule has 0 saturated heterocycles. The lowest BCUT2D eigenvalue weighted by atomic mass is 9.91. The van der Waals surface area contributed by atoms with E-state index in [9.17, 15) is 4.79 Å². The van der Waals surface area contributed by atoms with Crippen molar-refractivity contribution in [3.63, 3.8) is 0 Å². The molecule has 1 amide bonds. The van der Waals surface area contributed by atoms with Crippen LogP contribution in [0.1, 0.15) is 60.8 Å². The highest BCUT2D eigenvalue weighted by atomic mass is 16.6. The number of amides is 1. The predicted octanol–water partition coefficient (Wildman–Crippen LogP) is 2.40. The second kappa shape index (κ2) is 6.97. The van der Waals surface area contributed by atoms with Crippen LogP contribution in [0.25, 0.3) is 0 Å². The fourth-order valence-corrected chi connectivity index (χ4v) is 2.89. The molecule has 0 aromatic rings. The van der Waals surface area contributed by atoms with Gasteiger partial charge in [-0.3, -0.25) is 0 Å². The van der Waals surface area contributed by atoms with Gasteiger partial charge in [-0.25, -0.2) is 4.79 Å². The maximum Gasteiger partial charge on any atom is 0.407 e. The summed E-state index contributed by atoms with van der Waals surface area (Å²) in [6.45, 7) is 12.6. The number of carbonyl (C=O) groups is 1. The van der Waals surface area contributed by atoms with E-state index in [4.69, 9.17) is 10.5 Å². The number of nitrogens with one attached hydrogen (secondary N) is 2. The lowest BCUT2D eigenvalue weighted by molar-refractivity contribution is 0.0497. The lowest BCUT2D eigenvalue weighted by Crippen LogP contribution is -2.55. The normalized spacial score (nSPS) is 24.4. The van der Waals surface area contributed by atoms with E-state index in [-0.39, 0.29) is 18.2 Å². The molecule has 1 saturated carbocycles. The van der Waals surface area contributed by atoms with E-state index in [2.05, 4.69) is 24.5 Å². The predicted molar refractivity (Wildman–Crippen MR) is 86.2 cm³/mol. The summed E-state index contributed by atoms with van der Waals surface area (Å²) in [5, 5.41) is 6.47. The highest BCUT2D eigenvalue weighted by Gasteiger charge is 2.33. The minimum Gasteiger partial charge on any atom is -0.444 e. The van der Waals surface area contributed by atoms with Gasteiger partial charge in [-0.15, -0.1) is 0 Å². The molecule has 1 rings (SSSR count). The van der Waals surface area contributed by atoms with E-state index in [0.717, 1.165) is 6.42 Å². The molecule has 0 radical (unpaired) electrons. The zero-order chi connectivity index (χ0) is 16.3. The van der Waals surface area contributed by atoms with Gasteiger partial charge in [-0.2, -0.15) is 0 Å². The SMILES string of the molecule is CC(NC(=O)OC(C)(C)C)C(CN)NC1CCC(C)(C)C1. The highest BCUT2D eigenvalue weighted by molar-refractivity contribution is 5.68. The summed E-state index contributed by atoms with van der Waals surface area (Å²) in [7, 11) is 0. The van der Waals surface area contributed by atoms with Crippen LogP contribution in [0.15, 0.2) is 0 Å². The zero-order valence-electron chi connectivity index (χ0n) is 14.5. The molecule has 5 nitrogen and oxygen atoms in total. The van der Waals surface area contributed by atoms with Crippen molar-refractivity contribution in [2.45, 2.75) is 84.5 Å². The molecule has 0 heterocycles. The van der Waals surface area contributed by atoms with Crippen LogP contribution in [-0.4, -0.2) is 36.4 Å². The number of hydrogen-bond donors (Lipinski definition) is 3.